The summed E-state index contributed by atoms with van der Waals surface area (Å²) < 4.78 is 0. The highest BCUT2D eigenvalue weighted by Gasteiger charge is 2.11. The maximum atomic E-state index is 12.3. The first-order valence-electron chi connectivity index (χ1n) is 11.4. The van der Waals surface area contributed by atoms with Gasteiger partial charge in [0, 0.05) is 28.4 Å². The zero-order chi connectivity index (χ0) is 25.6. The molecule has 10 nitrogen and oxygen atoms in total. The topological polar surface area (TPSA) is 133 Å². The van der Waals surface area contributed by atoms with E-state index in [9.17, 15) is 4.79 Å². The number of carbonyl (C=O) groups excluding carboxylic acids is 1. The lowest BCUT2D eigenvalue weighted by Crippen LogP contribution is -2.19. The van der Waals surface area contributed by atoms with Crippen molar-refractivity contribution in [2.45, 2.75) is 23.9 Å². The largest absolute Gasteiger partial charge is 0.323 e. The molecule has 0 fully saturated rings. The number of nitrogens with zero attached hydrogens (tertiary/aromatic N) is 5. The number of hydrogen-bond acceptors (Lipinski definition) is 8. The smallest absolute Gasteiger partial charge is 0.323 e. The summed E-state index contributed by atoms with van der Waals surface area (Å²) in [5, 5.41) is 16.8. The lowest BCUT2D eigenvalue weighted by molar-refractivity contribution is 0.262. The number of amides is 2. The highest BCUT2D eigenvalue weighted by Crippen LogP contribution is 2.31. The van der Waals surface area contributed by atoms with Gasteiger partial charge in [0.1, 0.15) is 12.1 Å². The van der Waals surface area contributed by atoms with E-state index in [0.717, 1.165) is 27.4 Å². The van der Waals surface area contributed by atoms with Crippen LogP contribution in [0.3, 0.4) is 0 Å². The number of hydrogen-bond donors (Lipinski definition) is 4. The van der Waals surface area contributed by atoms with E-state index < -0.39 is 0 Å². The molecule has 184 valence electrons. The molecule has 0 aliphatic rings. The van der Waals surface area contributed by atoms with Gasteiger partial charge >= 0.3 is 6.03 Å². The van der Waals surface area contributed by atoms with Crippen LogP contribution < -0.4 is 16.0 Å². The molecule has 0 unspecified atom stereocenters. The summed E-state index contributed by atoms with van der Waals surface area (Å²) in [7, 11) is 0. The molecule has 37 heavy (non-hydrogen) atoms. The molecule has 0 saturated carbocycles. The summed E-state index contributed by atoms with van der Waals surface area (Å²) in [4.78, 5) is 30.2. The van der Waals surface area contributed by atoms with Crippen molar-refractivity contribution in [2.75, 3.05) is 16.0 Å². The first kappa shape index (κ1) is 23.9. The van der Waals surface area contributed by atoms with Crippen LogP contribution in [0.1, 0.15) is 11.3 Å². The molecule has 2 aromatic carbocycles. The van der Waals surface area contributed by atoms with Gasteiger partial charge in [-0.05, 0) is 54.9 Å². The van der Waals surface area contributed by atoms with Gasteiger partial charge in [0.2, 0.25) is 0 Å². The fraction of sp³-hybridized carbons (Fsp3) is 0.0769. The Labute approximate surface area is 217 Å². The number of benzene rings is 2. The van der Waals surface area contributed by atoms with Crippen LogP contribution in [0.4, 0.5) is 27.8 Å². The molecule has 3 heterocycles. The zero-order valence-electron chi connectivity index (χ0n) is 20.1. The van der Waals surface area contributed by atoms with Crippen LogP contribution in [0.2, 0.25) is 0 Å². The van der Waals surface area contributed by atoms with Crippen molar-refractivity contribution < 1.29 is 4.79 Å². The summed E-state index contributed by atoms with van der Waals surface area (Å²) in [5.74, 6) is 1.32. The molecule has 0 radical (unpaired) electrons. The van der Waals surface area contributed by atoms with Crippen molar-refractivity contribution in [3.05, 3.63) is 90.6 Å². The van der Waals surface area contributed by atoms with Gasteiger partial charge in [-0.2, -0.15) is 5.10 Å². The fourth-order valence-corrected chi connectivity index (χ4v) is 4.42. The third kappa shape index (κ3) is 6.27. The van der Waals surface area contributed by atoms with Gasteiger partial charge in [-0.3, -0.25) is 5.10 Å². The predicted octanol–water partition coefficient (Wildman–Crippen LogP) is 5.81. The lowest BCUT2D eigenvalue weighted by Gasteiger charge is -2.11. The Bertz CT molecular complexity index is 1520. The van der Waals surface area contributed by atoms with Crippen LogP contribution >= 0.6 is 11.8 Å². The number of aryl methyl sites for hydroxylation is 2. The Kier molecular flexibility index (Phi) is 7.04. The minimum absolute atomic E-state index is 0.374. The van der Waals surface area contributed by atoms with Crippen LogP contribution in [0.15, 0.2) is 89.4 Å². The van der Waals surface area contributed by atoms with E-state index in [-0.39, 0.29) is 6.03 Å². The predicted molar refractivity (Wildman–Crippen MR) is 144 cm³/mol. The van der Waals surface area contributed by atoms with Crippen LogP contribution in [-0.2, 0) is 0 Å². The van der Waals surface area contributed by atoms with Gasteiger partial charge in [-0.25, -0.2) is 24.7 Å². The molecular formula is C26H23N9OS. The first-order valence-corrected chi connectivity index (χ1v) is 12.2. The number of nitrogens with one attached hydrogen (secondary N) is 4. The van der Waals surface area contributed by atoms with Crippen molar-refractivity contribution in [3.8, 4) is 11.3 Å². The van der Waals surface area contributed by atoms with E-state index in [1.54, 1.807) is 0 Å². The molecule has 0 atom stereocenters. The molecule has 3 aromatic heterocycles. The standard InChI is InChI=1S/C26H23N9OS/c1-16-10-19(30-25(36)31-20-13-27-15-28-14-20)8-9-22(16)37-26-29-17(2)11-23(33-26)32-24-12-21(34-35-24)18-6-4-3-5-7-18/h3-15H,1-2H3,(H2,30,31,36)(H2,29,32,33,34,35). The quantitative estimate of drug-likeness (QED) is 0.202. The molecule has 0 aliphatic heterocycles. The van der Waals surface area contributed by atoms with Crippen molar-refractivity contribution in [1.82, 2.24) is 30.1 Å². The molecule has 0 spiro atoms. The van der Waals surface area contributed by atoms with Gasteiger partial charge in [-0.1, -0.05) is 30.3 Å². The van der Waals surface area contributed by atoms with E-state index in [1.165, 1.54) is 30.5 Å². The number of aromatic nitrogens is 6. The molecule has 0 saturated heterocycles. The van der Waals surface area contributed by atoms with E-state index in [4.69, 9.17) is 0 Å². The summed E-state index contributed by atoms with van der Waals surface area (Å²) >= 11 is 1.45. The second kappa shape index (κ2) is 10.9. The second-order valence-corrected chi connectivity index (χ2v) is 9.13. The third-order valence-corrected chi connectivity index (χ3v) is 6.25. The minimum Gasteiger partial charge on any atom is -0.323 e. The average Bonchev–Trinajstić information content (AvgIpc) is 3.35. The monoisotopic (exact) mass is 509 g/mol. The van der Waals surface area contributed by atoms with Gasteiger partial charge in [0.05, 0.1) is 23.8 Å². The Morgan fingerprint density at radius 1 is 0.865 bits per heavy atom. The van der Waals surface area contributed by atoms with Crippen LogP contribution in [0, 0.1) is 13.8 Å². The van der Waals surface area contributed by atoms with Crippen LogP contribution in [-0.4, -0.2) is 36.2 Å². The van der Waals surface area contributed by atoms with Gasteiger partial charge in [-0.15, -0.1) is 0 Å². The van der Waals surface area contributed by atoms with Gasteiger partial charge in [0.25, 0.3) is 0 Å². The van der Waals surface area contributed by atoms with Gasteiger partial charge in [0.15, 0.2) is 11.0 Å². The maximum Gasteiger partial charge on any atom is 0.323 e. The maximum absolute atomic E-state index is 12.3. The van der Waals surface area contributed by atoms with Crippen molar-refractivity contribution >= 4 is 40.8 Å². The molecule has 4 N–H and O–H groups in total. The molecule has 5 aromatic rings. The molecule has 0 bridgehead atoms. The molecule has 11 heteroatoms. The highest BCUT2D eigenvalue weighted by atomic mass is 32.2. The second-order valence-electron chi connectivity index (χ2n) is 8.12. The Balaban J connectivity index is 1.25. The normalized spacial score (nSPS) is 10.6. The van der Waals surface area contributed by atoms with Gasteiger partial charge < -0.3 is 16.0 Å². The minimum atomic E-state index is -0.374. The van der Waals surface area contributed by atoms with Crippen molar-refractivity contribution in [1.29, 1.82) is 0 Å². The molecular weight excluding hydrogens is 486 g/mol. The molecule has 0 aliphatic carbocycles. The zero-order valence-corrected chi connectivity index (χ0v) is 20.9. The van der Waals surface area contributed by atoms with Crippen molar-refractivity contribution in [3.63, 3.8) is 0 Å². The summed E-state index contributed by atoms with van der Waals surface area (Å²) in [5.41, 5.74) is 4.95. The summed E-state index contributed by atoms with van der Waals surface area (Å²) in [6.45, 7) is 3.90. The number of aromatic amines is 1. The molecule has 2 amide bonds. The van der Waals surface area contributed by atoms with E-state index in [2.05, 4.69) is 46.1 Å². The Morgan fingerprint density at radius 3 is 2.43 bits per heavy atom. The SMILES string of the molecule is Cc1cc(Nc2cc(-c3ccccc3)[nH]n2)nc(Sc2ccc(NC(=O)Nc3cncnc3)cc2C)n1. The Morgan fingerprint density at radius 2 is 1.65 bits per heavy atom. The van der Waals surface area contributed by atoms with Crippen LogP contribution in [0.25, 0.3) is 11.3 Å². The number of anilines is 4. The first-order chi connectivity index (χ1) is 18.0. The molecule has 5 rings (SSSR count). The van der Waals surface area contributed by atoms with Crippen LogP contribution in [0.5, 0.6) is 0 Å². The van der Waals surface area contributed by atoms with Crippen molar-refractivity contribution in [2.24, 2.45) is 0 Å². The number of H-pyrrole nitrogens is 1. The van der Waals surface area contributed by atoms with E-state index in [1.807, 2.05) is 74.5 Å². The van der Waals surface area contributed by atoms with E-state index >= 15 is 0 Å². The highest BCUT2D eigenvalue weighted by molar-refractivity contribution is 7.99. The summed E-state index contributed by atoms with van der Waals surface area (Å²) in [6.07, 6.45) is 4.45. The number of carbonyl (C=O) groups is 1. The number of rotatable bonds is 7. The lowest BCUT2D eigenvalue weighted by atomic mass is 10.2. The third-order valence-electron chi connectivity index (χ3n) is 5.20. The summed E-state index contributed by atoms with van der Waals surface area (Å²) in [6, 6.07) is 19.1. The van der Waals surface area contributed by atoms with E-state index in [0.29, 0.717) is 28.2 Å². The average molecular weight is 510 g/mol. The number of urea groups is 1. The Hall–Kier alpha value is -4.77. The fourth-order valence-electron chi connectivity index (χ4n) is 3.53.